The Morgan fingerprint density at radius 3 is 3.06 bits per heavy atom. The van der Waals surface area contributed by atoms with Crippen LogP contribution in [0.1, 0.15) is 12.7 Å². The van der Waals surface area contributed by atoms with Crippen LogP contribution >= 0.6 is 11.5 Å². The van der Waals surface area contributed by atoms with Gasteiger partial charge in [0.05, 0.1) is 12.8 Å². The molecule has 0 aliphatic heterocycles. The first-order chi connectivity index (χ1) is 7.63. The van der Waals surface area contributed by atoms with Crippen molar-refractivity contribution in [1.29, 1.82) is 0 Å². The minimum absolute atomic E-state index is 0.312. The number of aromatic nitrogens is 4. The van der Waals surface area contributed by atoms with Gasteiger partial charge in [0.2, 0.25) is 0 Å². The van der Waals surface area contributed by atoms with E-state index < -0.39 is 5.54 Å². The van der Waals surface area contributed by atoms with Gasteiger partial charge in [-0.15, -0.1) is 5.10 Å². The van der Waals surface area contributed by atoms with E-state index in [1.54, 1.807) is 20.2 Å². The molecule has 0 aliphatic carbocycles. The van der Waals surface area contributed by atoms with Crippen LogP contribution in [-0.2, 0) is 10.3 Å². The molecule has 2 heterocycles. The highest BCUT2D eigenvalue weighted by Gasteiger charge is 2.28. The second-order valence-electron chi connectivity index (χ2n) is 3.56. The van der Waals surface area contributed by atoms with Crippen LogP contribution in [0.15, 0.2) is 10.7 Å². The zero-order valence-corrected chi connectivity index (χ0v) is 9.69. The molecule has 0 saturated heterocycles. The number of hydrogen-bond donors (Lipinski definition) is 1. The molecule has 7 nitrogen and oxygen atoms in total. The molecule has 16 heavy (non-hydrogen) atoms. The highest BCUT2D eigenvalue weighted by molar-refractivity contribution is 7.09. The van der Waals surface area contributed by atoms with E-state index in [4.69, 9.17) is 15.0 Å². The van der Waals surface area contributed by atoms with Gasteiger partial charge in [-0.3, -0.25) is 0 Å². The Morgan fingerprint density at radius 1 is 1.62 bits per heavy atom. The first kappa shape index (κ1) is 11.1. The first-order valence-electron chi connectivity index (χ1n) is 4.53. The fourth-order valence-electron chi connectivity index (χ4n) is 1.18. The molecule has 1 unspecified atom stereocenters. The third kappa shape index (κ3) is 2.08. The number of nitrogens with zero attached hydrogens (tertiary/aromatic N) is 4. The van der Waals surface area contributed by atoms with E-state index in [2.05, 4.69) is 19.7 Å². The summed E-state index contributed by atoms with van der Waals surface area (Å²) in [6, 6.07) is 0. The minimum atomic E-state index is -0.769. The molecule has 0 fully saturated rings. The monoisotopic (exact) mass is 241 g/mol. The van der Waals surface area contributed by atoms with Crippen molar-refractivity contribution >= 4 is 11.5 Å². The van der Waals surface area contributed by atoms with Crippen LogP contribution < -0.4 is 5.73 Å². The topological polar surface area (TPSA) is 100.0 Å². The number of hydrogen-bond acceptors (Lipinski definition) is 8. The van der Waals surface area contributed by atoms with Crippen LogP contribution in [0.5, 0.6) is 0 Å². The molecular formula is C8H11N5O2S. The van der Waals surface area contributed by atoms with Crippen molar-refractivity contribution in [1.82, 2.24) is 19.7 Å². The van der Waals surface area contributed by atoms with Crippen molar-refractivity contribution in [3.8, 4) is 10.8 Å². The van der Waals surface area contributed by atoms with Crippen molar-refractivity contribution in [2.45, 2.75) is 12.5 Å². The molecule has 0 bridgehead atoms. The summed E-state index contributed by atoms with van der Waals surface area (Å²) in [5.74, 6) is 0.774. The van der Waals surface area contributed by atoms with Gasteiger partial charge in [0.25, 0.3) is 5.89 Å². The third-order valence-electron chi connectivity index (χ3n) is 1.95. The Bertz CT molecular complexity index is 453. The summed E-state index contributed by atoms with van der Waals surface area (Å²) in [5, 5.41) is 7.51. The molecule has 2 aromatic rings. The maximum atomic E-state index is 5.98. The lowest BCUT2D eigenvalue weighted by Crippen LogP contribution is -2.38. The number of nitrogens with two attached hydrogens (primary N) is 1. The van der Waals surface area contributed by atoms with E-state index in [1.807, 2.05) is 0 Å². The van der Waals surface area contributed by atoms with Crippen LogP contribution in [0.25, 0.3) is 10.8 Å². The maximum absolute atomic E-state index is 5.98. The molecule has 2 N–H and O–H groups in total. The van der Waals surface area contributed by atoms with Crippen LogP contribution in [-0.4, -0.2) is 33.4 Å². The molecule has 0 aliphatic rings. The number of methoxy groups -OCH3 is 1. The summed E-state index contributed by atoms with van der Waals surface area (Å²) in [4.78, 5) is 4.91. The predicted molar refractivity (Wildman–Crippen MR) is 56.6 cm³/mol. The lowest BCUT2D eigenvalue weighted by molar-refractivity contribution is 0.135. The Hall–Kier alpha value is -1.38. The first-order valence-corrected chi connectivity index (χ1v) is 5.30. The zero-order chi connectivity index (χ0) is 11.6. The second-order valence-corrected chi connectivity index (χ2v) is 4.34. The fraction of sp³-hybridized carbons (Fsp3) is 0.500. The molecule has 0 saturated carbocycles. The van der Waals surface area contributed by atoms with Crippen LogP contribution in [0, 0.1) is 0 Å². The van der Waals surface area contributed by atoms with Gasteiger partial charge in [0.1, 0.15) is 10.4 Å². The van der Waals surface area contributed by atoms with Crippen LogP contribution in [0.2, 0.25) is 0 Å². The zero-order valence-electron chi connectivity index (χ0n) is 8.88. The Labute approximate surface area is 95.8 Å². The smallest absolute Gasteiger partial charge is 0.271 e. The van der Waals surface area contributed by atoms with Gasteiger partial charge in [-0.05, 0) is 18.5 Å². The summed E-state index contributed by atoms with van der Waals surface area (Å²) in [7, 11) is 1.57. The van der Waals surface area contributed by atoms with Gasteiger partial charge < -0.3 is 15.0 Å². The molecule has 8 heteroatoms. The summed E-state index contributed by atoms with van der Waals surface area (Å²) >= 11 is 1.18. The Morgan fingerprint density at radius 2 is 2.44 bits per heavy atom. The summed E-state index contributed by atoms with van der Waals surface area (Å²) < 4.78 is 13.8. The number of rotatable bonds is 4. The maximum Gasteiger partial charge on any atom is 0.271 e. The van der Waals surface area contributed by atoms with E-state index >= 15 is 0 Å². The van der Waals surface area contributed by atoms with Crippen molar-refractivity contribution in [3.05, 3.63) is 12.0 Å². The molecule has 2 aromatic heterocycles. The third-order valence-corrected chi connectivity index (χ3v) is 2.61. The van der Waals surface area contributed by atoms with Gasteiger partial charge in [-0.2, -0.15) is 4.98 Å². The van der Waals surface area contributed by atoms with Gasteiger partial charge in [0.15, 0.2) is 5.82 Å². The minimum Gasteiger partial charge on any atom is -0.382 e. The molecular weight excluding hydrogens is 230 g/mol. The SMILES string of the molecule is COCC(C)(N)c1noc(-c2cnns2)n1. The van der Waals surface area contributed by atoms with E-state index in [0.29, 0.717) is 23.2 Å². The van der Waals surface area contributed by atoms with Crippen LogP contribution in [0.3, 0.4) is 0 Å². The Balaban J connectivity index is 2.26. The molecule has 0 amide bonds. The lowest BCUT2D eigenvalue weighted by atomic mass is 10.1. The second kappa shape index (κ2) is 4.24. The summed E-state index contributed by atoms with van der Waals surface area (Å²) in [5.41, 5.74) is 5.21. The molecule has 0 spiro atoms. The fourth-order valence-corrected chi connectivity index (χ4v) is 1.62. The van der Waals surface area contributed by atoms with Gasteiger partial charge in [-0.25, -0.2) is 0 Å². The summed E-state index contributed by atoms with van der Waals surface area (Å²) in [6.45, 7) is 2.09. The van der Waals surface area contributed by atoms with E-state index in [0.717, 1.165) is 0 Å². The van der Waals surface area contributed by atoms with Crippen molar-refractivity contribution in [2.75, 3.05) is 13.7 Å². The standard InChI is InChI=1S/C8H11N5O2S/c1-8(9,4-14-2)7-11-6(15-12-7)5-3-10-13-16-5/h3H,4,9H2,1-2H3. The molecule has 0 aromatic carbocycles. The predicted octanol–water partition coefficient (Wildman–Crippen LogP) is 0.408. The van der Waals surface area contributed by atoms with Crippen molar-refractivity contribution < 1.29 is 9.26 Å². The molecule has 1 atom stereocenters. The Kier molecular flexibility index (Phi) is 2.95. The van der Waals surface area contributed by atoms with E-state index in [-0.39, 0.29) is 0 Å². The van der Waals surface area contributed by atoms with E-state index in [9.17, 15) is 0 Å². The lowest BCUT2D eigenvalue weighted by Gasteiger charge is -2.18. The highest BCUT2D eigenvalue weighted by atomic mass is 32.1. The highest BCUT2D eigenvalue weighted by Crippen LogP contribution is 2.22. The van der Waals surface area contributed by atoms with E-state index in [1.165, 1.54) is 11.5 Å². The van der Waals surface area contributed by atoms with Crippen molar-refractivity contribution in [3.63, 3.8) is 0 Å². The average Bonchev–Trinajstić information content (AvgIpc) is 2.89. The molecule has 0 radical (unpaired) electrons. The molecule has 2 rings (SSSR count). The largest absolute Gasteiger partial charge is 0.382 e. The van der Waals surface area contributed by atoms with Gasteiger partial charge in [0, 0.05) is 7.11 Å². The van der Waals surface area contributed by atoms with Crippen LogP contribution in [0.4, 0.5) is 0 Å². The normalized spacial score (nSPS) is 14.9. The van der Waals surface area contributed by atoms with Gasteiger partial charge in [-0.1, -0.05) is 9.64 Å². The van der Waals surface area contributed by atoms with Gasteiger partial charge >= 0.3 is 0 Å². The van der Waals surface area contributed by atoms with Crippen molar-refractivity contribution in [2.24, 2.45) is 5.73 Å². The summed E-state index contributed by atoms with van der Waals surface area (Å²) in [6.07, 6.45) is 1.56. The quantitative estimate of drug-likeness (QED) is 0.827. The average molecular weight is 241 g/mol. The number of ether oxygens (including phenoxy) is 1. The molecule has 86 valence electrons.